The molecule has 1 unspecified atom stereocenters. The van der Waals surface area contributed by atoms with Crippen molar-refractivity contribution in [3.63, 3.8) is 0 Å². The molecule has 8 nitrogen and oxygen atoms in total. The molecule has 29 heavy (non-hydrogen) atoms. The molecule has 3 aromatic rings. The predicted molar refractivity (Wildman–Crippen MR) is 110 cm³/mol. The van der Waals surface area contributed by atoms with E-state index in [9.17, 15) is 9.59 Å². The third kappa shape index (κ3) is 3.51. The number of thioether (sulfide) groups is 1. The van der Waals surface area contributed by atoms with Crippen LogP contribution in [0, 0.1) is 18.3 Å². The second kappa shape index (κ2) is 7.72. The van der Waals surface area contributed by atoms with Crippen molar-refractivity contribution in [3.05, 3.63) is 46.4 Å². The normalized spacial score (nSPS) is 15.3. The van der Waals surface area contributed by atoms with E-state index in [2.05, 4.69) is 10.1 Å². The van der Waals surface area contributed by atoms with Gasteiger partial charge in [0.25, 0.3) is 5.56 Å². The van der Waals surface area contributed by atoms with Crippen molar-refractivity contribution in [1.29, 1.82) is 5.26 Å². The number of nitrogens with zero attached hydrogens (tertiary/aromatic N) is 6. The van der Waals surface area contributed by atoms with Crippen LogP contribution in [0.2, 0.25) is 0 Å². The number of amides is 1. The summed E-state index contributed by atoms with van der Waals surface area (Å²) in [5.74, 6) is 0.533. The van der Waals surface area contributed by atoms with Crippen LogP contribution in [0.3, 0.4) is 0 Å². The van der Waals surface area contributed by atoms with E-state index in [1.807, 2.05) is 37.3 Å². The Bertz CT molecular complexity index is 1170. The van der Waals surface area contributed by atoms with Gasteiger partial charge in [-0.3, -0.25) is 14.2 Å². The number of carbonyl (C=O) groups is 1. The van der Waals surface area contributed by atoms with Gasteiger partial charge in [0.1, 0.15) is 5.39 Å². The number of aromatic nitrogens is 4. The fourth-order valence-corrected chi connectivity index (χ4v) is 4.49. The Labute approximate surface area is 171 Å². The van der Waals surface area contributed by atoms with Gasteiger partial charge in [0.15, 0.2) is 10.8 Å². The van der Waals surface area contributed by atoms with Crippen LogP contribution in [0.15, 0.2) is 40.4 Å². The zero-order chi connectivity index (χ0) is 20.5. The Morgan fingerprint density at radius 2 is 2.14 bits per heavy atom. The molecule has 0 radical (unpaired) electrons. The van der Waals surface area contributed by atoms with Crippen LogP contribution in [0.5, 0.6) is 0 Å². The minimum Gasteiger partial charge on any atom is -0.345 e. The van der Waals surface area contributed by atoms with E-state index < -0.39 is 0 Å². The van der Waals surface area contributed by atoms with Crippen LogP contribution in [0.4, 0.5) is 0 Å². The Morgan fingerprint density at radius 1 is 1.38 bits per heavy atom. The maximum absolute atomic E-state index is 13.1. The topological polar surface area (TPSA) is 96.8 Å². The number of fused-ring (bicyclic) bond motifs is 2. The highest BCUT2D eigenvalue weighted by atomic mass is 32.2. The molecule has 4 rings (SSSR count). The molecule has 1 amide bonds. The van der Waals surface area contributed by atoms with Gasteiger partial charge >= 0.3 is 0 Å². The zero-order valence-electron chi connectivity index (χ0n) is 16.2. The van der Waals surface area contributed by atoms with Gasteiger partial charge in [-0.05, 0) is 19.1 Å². The van der Waals surface area contributed by atoms with Crippen molar-refractivity contribution in [2.45, 2.75) is 31.0 Å². The average molecular weight is 408 g/mol. The third-order valence-corrected chi connectivity index (χ3v) is 6.14. The Morgan fingerprint density at radius 3 is 2.86 bits per heavy atom. The first kappa shape index (κ1) is 19.2. The molecule has 0 saturated carbocycles. The maximum Gasteiger partial charge on any atom is 0.265 e. The van der Waals surface area contributed by atoms with Gasteiger partial charge in [0.2, 0.25) is 5.91 Å². The van der Waals surface area contributed by atoms with Crippen molar-refractivity contribution >= 4 is 28.7 Å². The molecule has 0 fully saturated rings. The van der Waals surface area contributed by atoms with Crippen molar-refractivity contribution in [2.75, 3.05) is 19.3 Å². The van der Waals surface area contributed by atoms with Crippen molar-refractivity contribution in [2.24, 2.45) is 0 Å². The quantitative estimate of drug-likeness (QED) is 0.601. The Balaban J connectivity index is 1.67. The summed E-state index contributed by atoms with van der Waals surface area (Å²) >= 11 is 1.47. The van der Waals surface area contributed by atoms with Gasteiger partial charge in [-0.15, -0.1) is 0 Å². The molecule has 0 N–H and O–H groups in total. The molecule has 1 aromatic carbocycles. The van der Waals surface area contributed by atoms with Gasteiger partial charge in [-0.2, -0.15) is 10.4 Å². The Hall–Kier alpha value is -3.12. The van der Waals surface area contributed by atoms with E-state index in [0.29, 0.717) is 34.9 Å². The molecule has 148 valence electrons. The van der Waals surface area contributed by atoms with Crippen molar-refractivity contribution < 1.29 is 4.79 Å². The van der Waals surface area contributed by atoms with Gasteiger partial charge in [0.05, 0.1) is 30.4 Å². The lowest BCUT2D eigenvalue weighted by Gasteiger charge is -2.19. The molecule has 1 atom stereocenters. The second-order valence-corrected chi connectivity index (χ2v) is 8.08. The fraction of sp³-hybridized carbons (Fsp3) is 0.350. The van der Waals surface area contributed by atoms with Crippen LogP contribution in [-0.2, 0) is 4.79 Å². The summed E-state index contributed by atoms with van der Waals surface area (Å²) < 4.78 is 3.29. The van der Waals surface area contributed by atoms with Crippen LogP contribution in [0.25, 0.3) is 16.7 Å². The zero-order valence-corrected chi connectivity index (χ0v) is 17.0. The largest absolute Gasteiger partial charge is 0.345 e. The number of benzene rings is 1. The summed E-state index contributed by atoms with van der Waals surface area (Å²) in [6, 6.07) is 9.65. The highest BCUT2D eigenvalue weighted by Crippen LogP contribution is 2.33. The number of hydrogen-bond donors (Lipinski definition) is 0. The van der Waals surface area contributed by atoms with E-state index >= 15 is 0 Å². The van der Waals surface area contributed by atoms with Crippen LogP contribution in [0.1, 0.15) is 24.4 Å². The first-order chi connectivity index (χ1) is 14.0. The molecule has 0 spiro atoms. The molecule has 0 bridgehead atoms. The third-order valence-electron chi connectivity index (χ3n) is 5.04. The molecule has 9 heteroatoms. The summed E-state index contributed by atoms with van der Waals surface area (Å²) in [5.41, 5.74) is 2.33. The van der Waals surface area contributed by atoms with Crippen LogP contribution < -0.4 is 5.56 Å². The van der Waals surface area contributed by atoms with Crippen molar-refractivity contribution in [3.8, 4) is 11.8 Å². The fourth-order valence-electron chi connectivity index (χ4n) is 3.36. The summed E-state index contributed by atoms with van der Waals surface area (Å²) in [6.07, 6.45) is 2.04. The standard InChI is InChI=1S/C20H20N6O2S/c1-13-4-6-14(7-5-13)26-18-16(11-22-26)19(28)25-15(12-29-20(25)23-18)10-17(27)24(2)9-3-8-21/h4-7,11,15H,3,9-10,12H2,1-2H3. The first-order valence-electron chi connectivity index (χ1n) is 9.30. The van der Waals surface area contributed by atoms with E-state index in [1.165, 1.54) is 16.7 Å². The van der Waals surface area contributed by atoms with E-state index in [-0.39, 0.29) is 23.9 Å². The van der Waals surface area contributed by atoms with Crippen LogP contribution in [-0.4, -0.2) is 49.5 Å². The SMILES string of the molecule is Cc1ccc(-n2ncc3c(=O)n4c(nc32)SCC4CC(=O)N(C)CCC#N)cc1. The molecule has 1 aliphatic heterocycles. The summed E-state index contributed by atoms with van der Waals surface area (Å²) in [5, 5.41) is 14.1. The lowest BCUT2D eigenvalue weighted by atomic mass is 10.2. The molecule has 1 aliphatic rings. The minimum atomic E-state index is -0.251. The minimum absolute atomic E-state index is 0.0824. The Kier molecular flexibility index (Phi) is 5.11. The predicted octanol–water partition coefficient (Wildman–Crippen LogP) is 2.30. The van der Waals surface area contributed by atoms with Gasteiger partial charge in [-0.25, -0.2) is 9.67 Å². The summed E-state index contributed by atoms with van der Waals surface area (Å²) in [7, 11) is 1.68. The molecular formula is C20H20N6O2S. The molecule has 0 aliphatic carbocycles. The maximum atomic E-state index is 13.1. The highest BCUT2D eigenvalue weighted by molar-refractivity contribution is 7.99. The number of carbonyl (C=O) groups excluding carboxylic acids is 1. The highest BCUT2D eigenvalue weighted by Gasteiger charge is 2.30. The van der Waals surface area contributed by atoms with Crippen LogP contribution >= 0.6 is 11.8 Å². The molecule has 2 aromatic heterocycles. The average Bonchev–Trinajstić information content (AvgIpc) is 3.32. The smallest absolute Gasteiger partial charge is 0.265 e. The van der Waals surface area contributed by atoms with Gasteiger partial charge in [-0.1, -0.05) is 29.5 Å². The van der Waals surface area contributed by atoms with Gasteiger partial charge in [0, 0.05) is 25.8 Å². The summed E-state index contributed by atoms with van der Waals surface area (Å²) in [6.45, 7) is 2.40. The molecule has 0 saturated heterocycles. The number of nitriles is 1. The van der Waals surface area contributed by atoms with Gasteiger partial charge < -0.3 is 4.90 Å². The monoisotopic (exact) mass is 408 g/mol. The van der Waals surface area contributed by atoms with Crippen molar-refractivity contribution in [1.82, 2.24) is 24.2 Å². The summed E-state index contributed by atoms with van der Waals surface area (Å²) in [4.78, 5) is 31.8. The van der Waals surface area contributed by atoms with E-state index in [0.717, 1.165) is 11.3 Å². The lowest BCUT2D eigenvalue weighted by molar-refractivity contribution is -0.130. The molecule has 3 heterocycles. The molecular weight excluding hydrogens is 388 g/mol. The van der Waals surface area contributed by atoms with E-state index in [4.69, 9.17) is 5.26 Å². The lowest BCUT2D eigenvalue weighted by Crippen LogP contribution is -2.32. The first-order valence-corrected chi connectivity index (χ1v) is 10.3. The number of aryl methyl sites for hydroxylation is 1. The van der Waals surface area contributed by atoms with E-state index in [1.54, 1.807) is 22.5 Å². The number of rotatable bonds is 5. The second-order valence-electron chi connectivity index (χ2n) is 7.09. The number of hydrogen-bond acceptors (Lipinski definition) is 6.